The number of amides is 2. The largest absolute Gasteiger partial charge is 0.508 e. The molecule has 3 N–H and O–H groups in total. The van der Waals surface area contributed by atoms with E-state index in [0.29, 0.717) is 24.1 Å². The molecule has 2 amide bonds. The Kier molecular flexibility index (Phi) is 7.56. The minimum Gasteiger partial charge on any atom is -0.508 e. The third-order valence-electron chi connectivity index (χ3n) is 6.56. The maximum atomic E-state index is 13.2. The number of ketones is 1. The summed E-state index contributed by atoms with van der Waals surface area (Å²) < 4.78 is 5.34. The van der Waals surface area contributed by atoms with Crippen LogP contribution in [0.15, 0.2) is 18.2 Å². The number of Topliss-reactive ketones (excluding diaryl/α,β-unsaturated/α-hetero) is 1. The van der Waals surface area contributed by atoms with E-state index in [1.807, 2.05) is 19.0 Å². The first-order chi connectivity index (χ1) is 15.1. The van der Waals surface area contributed by atoms with Gasteiger partial charge in [0.2, 0.25) is 5.91 Å². The van der Waals surface area contributed by atoms with Crippen molar-refractivity contribution >= 4 is 17.6 Å². The van der Waals surface area contributed by atoms with Gasteiger partial charge in [0.25, 0.3) is 5.91 Å². The van der Waals surface area contributed by atoms with Crippen LogP contribution in [0.3, 0.4) is 0 Å². The second kappa shape index (κ2) is 10.0. The smallest absolute Gasteiger partial charge is 0.251 e. The van der Waals surface area contributed by atoms with Crippen LogP contribution in [-0.2, 0) is 20.9 Å². The number of hydrogen-bond donors (Lipinski definition) is 3. The Morgan fingerprint density at radius 2 is 1.97 bits per heavy atom. The van der Waals surface area contributed by atoms with Gasteiger partial charge in [-0.05, 0) is 63.9 Å². The van der Waals surface area contributed by atoms with Crippen LogP contribution in [-0.4, -0.2) is 66.5 Å². The molecular formula is C24H35N3O5. The maximum absolute atomic E-state index is 13.2. The fourth-order valence-electron chi connectivity index (χ4n) is 4.68. The summed E-state index contributed by atoms with van der Waals surface area (Å²) in [6.07, 6.45) is 4.33. The molecule has 0 spiro atoms. The summed E-state index contributed by atoms with van der Waals surface area (Å²) in [5.74, 6) is -0.783. The van der Waals surface area contributed by atoms with E-state index in [2.05, 4.69) is 17.6 Å². The van der Waals surface area contributed by atoms with E-state index in [1.165, 1.54) is 6.07 Å². The first-order valence-electron chi connectivity index (χ1n) is 11.3. The number of aromatic hydroxyl groups is 1. The Hall–Kier alpha value is -2.45. The molecule has 1 aromatic rings. The van der Waals surface area contributed by atoms with Gasteiger partial charge in [0.15, 0.2) is 5.78 Å². The van der Waals surface area contributed by atoms with Gasteiger partial charge in [-0.15, -0.1) is 0 Å². The quantitative estimate of drug-likeness (QED) is 0.565. The number of nitrogens with zero attached hydrogens (tertiary/aromatic N) is 1. The highest BCUT2D eigenvalue weighted by atomic mass is 16.5. The number of carbonyl (C=O) groups is 3. The Balaban J connectivity index is 1.78. The lowest BCUT2D eigenvalue weighted by Crippen LogP contribution is -2.54. The number of hydrogen-bond acceptors (Lipinski definition) is 6. The standard InChI is InChI=1S/C24H35N3O5/c1-15-21(20(29)14-32-15)26-23(31)18(12-24(2)9-5-6-10-24)25-22(30)16-7-8-19(28)17(11-16)13-27(3)4/h7-8,11,15,18,21,28H,5-6,9-10,12-14H2,1-4H3,(H,25,30)(H,26,31)/t15-,18?,21-/m0/s1. The Bertz CT molecular complexity index is 863. The number of carbonyl (C=O) groups excluding carboxylic acids is 3. The van der Waals surface area contributed by atoms with Crippen molar-refractivity contribution in [2.45, 2.75) is 70.7 Å². The van der Waals surface area contributed by atoms with Crippen LogP contribution in [0.25, 0.3) is 0 Å². The lowest BCUT2D eigenvalue weighted by atomic mass is 9.81. The molecule has 1 aliphatic carbocycles. The highest BCUT2D eigenvalue weighted by molar-refractivity contribution is 5.99. The first kappa shape index (κ1) is 24.2. The van der Waals surface area contributed by atoms with Gasteiger partial charge in [0, 0.05) is 17.7 Å². The molecule has 8 nitrogen and oxygen atoms in total. The SMILES string of the molecule is C[C@@H]1OCC(=O)[C@H]1NC(=O)C(CC1(C)CCCC1)NC(=O)c1ccc(O)c(CN(C)C)c1. The van der Waals surface area contributed by atoms with Gasteiger partial charge in [0.1, 0.15) is 24.4 Å². The molecule has 1 saturated carbocycles. The fraction of sp³-hybridized carbons (Fsp3) is 0.625. The molecule has 8 heteroatoms. The van der Waals surface area contributed by atoms with Crippen molar-refractivity contribution in [2.75, 3.05) is 20.7 Å². The van der Waals surface area contributed by atoms with Crippen LogP contribution < -0.4 is 10.6 Å². The molecule has 3 atom stereocenters. The second-order valence-electron chi connectivity index (χ2n) is 9.80. The molecule has 32 heavy (non-hydrogen) atoms. The molecule has 0 aromatic heterocycles. The number of rotatable bonds is 8. The van der Waals surface area contributed by atoms with Gasteiger partial charge in [-0.25, -0.2) is 0 Å². The third-order valence-corrected chi connectivity index (χ3v) is 6.56. The van der Waals surface area contributed by atoms with E-state index in [9.17, 15) is 19.5 Å². The van der Waals surface area contributed by atoms with Crippen molar-refractivity contribution in [2.24, 2.45) is 5.41 Å². The molecule has 0 radical (unpaired) electrons. The third kappa shape index (κ3) is 5.86. The number of ether oxygens (including phenoxy) is 1. The second-order valence-corrected chi connectivity index (χ2v) is 9.80. The van der Waals surface area contributed by atoms with Crippen LogP contribution in [0.5, 0.6) is 5.75 Å². The van der Waals surface area contributed by atoms with Crippen molar-refractivity contribution in [1.82, 2.24) is 15.5 Å². The molecule has 176 valence electrons. The minimum atomic E-state index is -0.766. The summed E-state index contributed by atoms with van der Waals surface area (Å²) in [6, 6.07) is 3.23. The van der Waals surface area contributed by atoms with E-state index in [0.717, 1.165) is 25.7 Å². The molecule has 1 unspecified atom stereocenters. The van der Waals surface area contributed by atoms with E-state index < -0.39 is 18.2 Å². The van der Waals surface area contributed by atoms with Crippen LogP contribution >= 0.6 is 0 Å². The summed E-state index contributed by atoms with van der Waals surface area (Å²) in [7, 11) is 3.76. The normalized spacial score (nSPS) is 23.3. The van der Waals surface area contributed by atoms with Crippen molar-refractivity contribution in [3.8, 4) is 5.75 Å². The Labute approximate surface area is 189 Å². The van der Waals surface area contributed by atoms with Gasteiger partial charge in [-0.1, -0.05) is 19.8 Å². The Morgan fingerprint density at radius 3 is 2.56 bits per heavy atom. The summed E-state index contributed by atoms with van der Waals surface area (Å²) in [5.41, 5.74) is 0.971. The van der Waals surface area contributed by atoms with Crippen LogP contribution in [0.4, 0.5) is 0 Å². The van der Waals surface area contributed by atoms with Crippen LogP contribution in [0.2, 0.25) is 0 Å². The summed E-state index contributed by atoms with van der Waals surface area (Å²) >= 11 is 0. The highest BCUT2D eigenvalue weighted by Gasteiger charge is 2.39. The molecule has 2 aliphatic rings. The molecule has 1 saturated heterocycles. The van der Waals surface area contributed by atoms with Gasteiger partial charge < -0.3 is 25.4 Å². The molecule has 3 rings (SSSR count). The topological polar surface area (TPSA) is 108 Å². The lowest BCUT2D eigenvalue weighted by Gasteiger charge is -2.30. The van der Waals surface area contributed by atoms with Crippen LogP contribution in [0.1, 0.15) is 61.9 Å². The first-order valence-corrected chi connectivity index (χ1v) is 11.3. The van der Waals surface area contributed by atoms with Crippen LogP contribution in [0, 0.1) is 5.41 Å². The number of phenols is 1. The number of phenolic OH excluding ortho intramolecular Hbond substituents is 1. The molecule has 0 bridgehead atoms. The van der Waals surface area contributed by atoms with Crippen molar-refractivity contribution < 1.29 is 24.2 Å². The van der Waals surface area contributed by atoms with Gasteiger partial charge in [-0.3, -0.25) is 14.4 Å². The predicted octanol–water partition coefficient (Wildman–Crippen LogP) is 2.00. The highest BCUT2D eigenvalue weighted by Crippen LogP contribution is 2.41. The van der Waals surface area contributed by atoms with Crippen molar-refractivity contribution in [3.63, 3.8) is 0 Å². The molecular weight excluding hydrogens is 410 g/mol. The monoisotopic (exact) mass is 445 g/mol. The van der Waals surface area contributed by atoms with E-state index in [4.69, 9.17) is 4.74 Å². The summed E-state index contributed by atoms with van der Waals surface area (Å²) in [5, 5.41) is 15.8. The van der Waals surface area contributed by atoms with Gasteiger partial charge in [0.05, 0.1) is 6.10 Å². The van der Waals surface area contributed by atoms with E-state index in [-0.39, 0.29) is 35.4 Å². The zero-order valence-corrected chi connectivity index (χ0v) is 19.4. The molecule has 2 fully saturated rings. The molecule has 1 heterocycles. The molecule has 1 aromatic carbocycles. The molecule has 1 aliphatic heterocycles. The number of benzene rings is 1. The maximum Gasteiger partial charge on any atom is 0.251 e. The zero-order valence-electron chi connectivity index (χ0n) is 19.4. The summed E-state index contributed by atoms with van der Waals surface area (Å²) in [6.45, 7) is 4.37. The summed E-state index contributed by atoms with van der Waals surface area (Å²) in [4.78, 5) is 40.2. The van der Waals surface area contributed by atoms with Crippen molar-refractivity contribution in [3.05, 3.63) is 29.3 Å². The fourth-order valence-corrected chi connectivity index (χ4v) is 4.68. The Morgan fingerprint density at radius 1 is 1.28 bits per heavy atom. The number of nitrogens with one attached hydrogen (secondary N) is 2. The van der Waals surface area contributed by atoms with E-state index in [1.54, 1.807) is 19.1 Å². The lowest BCUT2D eigenvalue weighted by molar-refractivity contribution is -0.128. The average molecular weight is 446 g/mol. The minimum absolute atomic E-state index is 0.0109. The van der Waals surface area contributed by atoms with Gasteiger partial charge in [-0.2, -0.15) is 0 Å². The van der Waals surface area contributed by atoms with Gasteiger partial charge >= 0.3 is 0 Å². The average Bonchev–Trinajstić information content (AvgIpc) is 3.29. The zero-order chi connectivity index (χ0) is 23.5. The predicted molar refractivity (Wildman–Crippen MR) is 120 cm³/mol. The van der Waals surface area contributed by atoms with Crippen molar-refractivity contribution in [1.29, 1.82) is 0 Å². The van der Waals surface area contributed by atoms with E-state index >= 15 is 0 Å².